The Labute approximate surface area is 107 Å². The van der Waals surface area contributed by atoms with Crippen molar-refractivity contribution in [1.82, 2.24) is 0 Å². The number of hydrogen-bond donors (Lipinski definition) is 1. The van der Waals surface area contributed by atoms with E-state index in [9.17, 15) is 13.0 Å². The van der Waals surface area contributed by atoms with Gasteiger partial charge in [0.15, 0.2) is 5.44 Å². The van der Waals surface area contributed by atoms with Crippen LogP contribution in [0, 0.1) is 0 Å². The molecule has 7 heteroatoms. The van der Waals surface area contributed by atoms with Crippen LogP contribution in [0.15, 0.2) is 0 Å². The minimum atomic E-state index is -4.57. The van der Waals surface area contributed by atoms with Gasteiger partial charge in [0.25, 0.3) is 0 Å². The quantitative estimate of drug-likeness (QED) is 0.302. The summed E-state index contributed by atoms with van der Waals surface area (Å²) >= 11 is 0. The van der Waals surface area contributed by atoms with Crippen molar-refractivity contribution in [3.8, 4) is 0 Å². The third-order valence-corrected chi connectivity index (χ3v) is 2.56. The first-order chi connectivity index (χ1) is 5.89. The summed E-state index contributed by atoms with van der Waals surface area (Å²) < 4.78 is 36.3. The van der Waals surface area contributed by atoms with Gasteiger partial charge in [-0.25, -0.2) is 8.42 Å². The van der Waals surface area contributed by atoms with Crippen molar-refractivity contribution >= 4 is 10.1 Å². The molecule has 2 atom stereocenters. The second kappa shape index (κ2) is 8.04. The van der Waals surface area contributed by atoms with Crippen LogP contribution in [0.4, 0.5) is 0 Å². The van der Waals surface area contributed by atoms with E-state index >= 15 is 0 Å². The molecule has 0 saturated heterocycles. The van der Waals surface area contributed by atoms with Crippen molar-refractivity contribution in [1.29, 1.82) is 0 Å². The number of aliphatic hydroxyl groups excluding tert-OH is 1. The molecule has 14 heavy (non-hydrogen) atoms. The standard InChI is InChI=1S/C7H16O5S.Na/c1-3-4-5-12-7(6(2)8)13(9,10)11;/h6-8H,3-5H2,1-2H3,(H,9,10,11);/q;+1/p-1. The molecule has 0 aliphatic heterocycles. The Morgan fingerprint density at radius 2 is 2.00 bits per heavy atom. The van der Waals surface area contributed by atoms with Crippen LogP contribution in [0.5, 0.6) is 0 Å². The van der Waals surface area contributed by atoms with Crippen LogP contribution in [0.1, 0.15) is 26.7 Å². The smallest absolute Gasteiger partial charge is 0.746 e. The Balaban J connectivity index is 0. The molecular formula is C7H15NaO5S. The van der Waals surface area contributed by atoms with Gasteiger partial charge in [0.1, 0.15) is 10.1 Å². The first-order valence-electron chi connectivity index (χ1n) is 4.14. The van der Waals surface area contributed by atoms with Crippen LogP contribution in [-0.2, 0) is 14.9 Å². The van der Waals surface area contributed by atoms with Gasteiger partial charge in [-0.2, -0.15) is 0 Å². The summed E-state index contributed by atoms with van der Waals surface area (Å²) in [5.74, 6) is 0. The van der Waals surface area contributed by atoms with Crippen molar-refractivity contribution in [2.24, 2.45) is 0 Å². The molecule has 0 heterocycles. The van der Waals surface area contributed by atoms with Crippen molar-refractivity contribution in [2.45, 2.75) is 38.2 Å². The number of unbranched alkanes of at least 4 members (excludes halogenated alkanes) is 1. The fourth-order valence-electron chi connectivity index (χ4n) is 0.808. The van der Waals surface area contributed by atoms with Crippen LogP contribution in [0.2, 0.25) is 0 Å². The first-order valence-corrected chi connectivity index (χ1v) is 5.61. The van der Waals surface area contributed by atoms with E-state index < -0.39 is 21.7 Å². The Morgan fingerprint density at radius 3 is 2.29 bits per heavy atom. The van der Waals surface area contributed by atoms with Crippen LogP contribution in [0.25, 0.3) is 0 Å². The van der Waals surface area contributed by atoms with E-state index in [-0.39, 0.29) is 36.2 Å². The molecule has 0 aromatic carbocycles. The summed E-state index contributed by atoms with van der Waals surface area (Å²) in [7, 11) is -4.57. The van der Waals surface area contributed by atoms with E-state index in [1.165, 1.54) is 6.92 Å². The Morgan fingerprint density at radius 1 is 1.50 bits per heavy atom. The zero-order valence-corrected chi connectivity index (χ0v) is 11.6. The number of aliphatic hydroxyl groups is 1. The summed E-state index contributed by atoms with van der Waals surface area (Å²) in [4.78, 5) is 0. The molecule has 0 aromatic heterocycles. The monoisotopic (exact) mass is 234 g/mol. The van der Waals surface area contributed by atoms with Crippen molar-refractivity contribution in [3.05, 3.63) is 0 Å². The summed E-state index contributed by atoms with van der Waals surface area (Å²) in [5.41, 5.74) is -1.64. The maximum atomic E-state index is 10.5. The largest absolute Gasteiger partial charge is 1.00 e. The molecule has 0 amide bonds. The number of rotatable bonds is 6. The van der Waals surface area contributed by atoms with E-state index in [0.717, 1.165) is 6.42 Å². The van der Waals surface area contributed by atoms with Gasteiger partial charge >= 0.3 is 29.6 Å². The van der Waals surface area contributed by atoms with Gasteiger partial charge in [-0.3, -0.25) is 0 Å². The van der Waals surface area contributed by atoms with Gasteiger partial charge in [-0.05, 0) is 13.3 Å². The molecule has 0 rings (SSSR count). The maximum absolute atomic E-state index is 10.5. The average molecular weight is 234 g/mol. The molecule has 0 aromatic rings. The predicted octanol–water partition coefficient (Wildman–Crippen LogP) is -2.94. The average Bonchev–Trinajstić information content (AvgIpc) is 1.94. The first kappa shape index (κ1) is 17.2. The van der Waals surface area contributed by atoms with Crippen LogP contribution >= 0.6 is 0 Å². The van der Waals surface area contributed by atoms with Crippen LogP contribution < -0.4 is 29.6 Å². The third kappa shape index (κ3) is 7.17. The molecule has 0 aliphatic carbocycles. The van der Waals surface area contributed by atoms with Gasteiger partial charge in [0, 0.05) is 6.61 Å². The Bertz CT molecular complexity index is 226. The predicted molar refractivity (Wildman–Crippen MR) is 46.0 cm³/mol. The molecule has 0 aliphatic rings. The molecule has 0 spiro atoms. The fraction of sp³-hybridized carbons (Fsp3) is 1.00. The van der Waals surface area contributed by atoms with Crippen LogP contribution in [-0.4, -0.2) is 36.2 Å². The SMILES string of the molecule is CCCCOC(C(C)O)S(=O)(=O)[O-].[Na+]. The molecule has 5 nitrogen and oxygen atoms in total. The molecule has 0 saturated carbocycles. The van der Waals surface area contributed by atoms with Gasteiger partial charge in [0.05, 0.1) is 6.10 Å². The molecule has 0 radical (unpaired) electrons. The minimum Gasteiger partial charge on any atom is -0.746 e. The molecule has 0 fully saturated rings. The normalized spacial score (nSPS) is 15.7. The van der Waals surface area contributed by atoms with Gasteiger partial charge in [-0.15, -0.1) is 0 Å². The Hall–Kier alpha value is 0.830. The molecule has 2 unspecified atom stereocenters. The second-order valence-corrected chi connectivity index (χ2v) is 4.28. The van der Waals surface area contributed by atoms with E-state index in [1.807, 2.05) is 6.92 Å². The van der Waals surface area contributed by atoms with E-state index in [0.29, 0.717) is 6.42 Å². The zero-order chi connectivity index (χ0) is 10.5. The minimum absolute atomic E-state index is 0. The molecule has 1 N–H and O–H groups in total. The van der Waals surface area contributed by atoms with Gasteiger partial charge in [-0.1, -0.05) is 13.3 Å². The summed E-state index contributed by atoms with van der Waals surface area (Å²) in [6.07, 6.45) is 0.212. The summed E-state index contributed by atoms with van der Waals surface area (Å²) in [5, 5.41) is 8.94. The topological polar surface area (TPSA) is 86.7 Å². The zero-order valence-electron chi connectivity index (χ0n) is 8.76. The fourth-order valence-corrected chi connectivity index (χ4v) is 1.55. The molecule has 80 valence electrons. The van der Waals surface area contributed by atoms with Crippen LogP contribution in [0.3, 0.4) is 0 Å². The molecular weight excluding hydrogens is 219 g/mol. The number of ether oxygens (including phenoxy) is 1. The van der Waals surface area contributed by atoms with Crippen molar-refractivity contribution < 1.29 is 52.4 Å². The van der Waals surface area contributed by atoms with Gasteiger partial charge < -0.3 is 14.4 Å². The van der Waals surface area contributed by atoms with E-state index in [4.69, 9.17) is 9.84 Å². The number of hydrogen-bond acceptors (Lipinski definition) is 5. The summed E-state index contributed by atoms with van der Waals surface area (Å²) in [6, 6.07) is 0. The second-order valence-electron chi connectivity index (χ2n) is 2.83. The maximum Gasteiger partial charge on any atom is 1.00 e. The van der Waals surface area contributed by atoms with Gasteiger partial charge in [0.2, 0.25) is 0 Å². The van der Waals surface area contributed by atoms with Crippen molar-refractivity contribution in [2.75, 3.05) is 6.61 Å². The van der Waals surface area contributed by atoms with E-state index in [1.54, 1.807) is 0 Å². The van der Waals surface area contributed by atoms with E-state index in [2.05, 4.69) is 0 Å². The third-order valence-electron chi connectivity index (χ3n) is 1.46. The van der Waals surface area contributed by atoms with Crippen molar-refractivity contribution in [3.63, 3.8) is 0 Å². The Kier molecular flexibility index (Phi) is 9.89. The molecule has 0 bridgehead atoms. The summed E-state index contributed by atoms with van der Waals surface area (Å²) in [6.45, 7) is 3.30.